The van der Waals surface area contributed by atoms with Crippen molar-refractivity contribution in [2.75, 3.05) is 0 Å². The highest BCUT2D eigenvalue weighted by Gasteiger charge is 2.34. The lowest BCUT2D eigenvalue weighted by Gasteiger charge is -2.36. The van der Waals surface area contributed by atoms with Gasteiger partial charge < -0.3 is 10.5 Å². The molecule has 1 unspecified atom stereocenters. The van der Waals surface area contributed by atoms with Crippen molar-refractivity contribution >= 4 is 5.97 Å². The fourth-order valence-electron chi connectivity index (χ4n) is 3.52. The van der Waals surface area contributed by atoms with Crippen LogP contribution >= 0.6 is 0 Å². The first-order valence-corrected chi connectivity index (χ1v) is 10.0. The van der Waals surface area contributed by atoms with Gasteiger partial charge in [-0.05, 0) is 56.7 Å². The summed E-state index contributed by atoms with van der Waals surface area (Å²) in [5, 5.41) is 0. The van der Waals surface area contributed by atoms with Crippen LogP contribution in [0.25, 0.3) is 0 Å². The van der Waals surface area contributed by atoms with E-state index >= 15 is 0 Å². The van der Waals surface area contributed by atoms with Crippen LogP contribution < -0.4 is 5.73 Å². The third kappa shape index (κ3) is 6.47. The summed E-state index contributed by atoms with van der Waals surface area (Å²) in [5.74, 6) is 0.244. The van der Waals surface area contributed by atoms with Gasteiger partial charge in [0.15, 0.2) is 0 Å². The number of benzene rings is 1. The minimum absolute atomic E-state index is 0.0451. The molecule has 1 atom stereocenters. The number of esters is 1. The molecule has 0 saturated heterocycles. The van der Waals surface area contributed by atoms with Crippen LogP contribution in [-0.2, 0) is 4.74 Å². The second-order valence-electron chi connectivity index (χ2n) is 7.35. The Bertz CT molecular complexity index is 501. The highest BCUT2D eigenvalue weighted by Crippen LogP contribution is 2.35. The number of nitrogens with two attached hydrogens (primary N) is 1. The average molecular weight is 348 g/mol. The Labute approximate surface area is 154 Å². The zero-order valence-corrected chi connectivity index (χ0v) is 16.8. The summed E-state index contributed by atoms with van der Waals surface area (Å²) >= 11 is 0. The third-order valence-corrected chi connectivity index (χ3v) is 5.12. The van der Waals surface area contributed by atoms with Gasteiger partial charge in [0, 0.05) is 6.04 Å². The van der Waals surface area contributed by atoms with E-state index < -0.39 is 5.60 Å². The van der Waals surface area contributed by atoms with Gasteiger partial charge in [0.05, 0.1) is 5.56 Å². The Morgan fingerprint density at radius 2 is 1.72 bits per heavy atom. The first-order valence-electron chi connectivity index (χ1n) is 10.0. The predicted molar refractivity (Wildman–Crippen MR) is 106 cm³/mol. The molecule has 1 aromatic rings. The molecule has 1 saturated carbocycles. The maximum atomic E-state index is 12.5. The summed E-state index contributed by atoms with van der Waals surface area (Å²) in [7, 11) is 0. The minimum Gasteiger partial charge on any atom is -0.456 e. The largest absolute Gasteiger partial charge is 0.456 e. The minimum atomic E-state index is -0.394. The maximum absolute atomic E-state index is 12.5. The van der Waals surface area contributed by atoms with E-state index in [9.17, 15) is 4.79 Å². The molecule has 142 valence electrons. The van der Waals surface area contributed by atoms with Crippen LogP contribution in [0.3, 0.4) is 0 Å². The molecule has 0 aromatic heterocycles. The zero-order chi connectivity index (χ0) is 18.9. The number of hydrogen-bond donors (Lipinski definition) is 1. The van der Waals surface area contributed by atoms with Gasteiger partial charge in [0.25, 0.3) is 0 Å². The summed E-state index contributed by atoms with van der Waals surface area (Å²) in [5.41, 5.74) is 7.41. The number of carbonyl (C=O) groups is 1. The molecule has 1 aliphatic carbocycles. The molecule has 0 bridgehead atoms. The molecule has 0 spiro atoms. The van der Waals surface area contributed by atoms with E-state index in [-0.39, 0.29) is 12.0 Å². The van der Waals surface area contributed by atoms with Crippen LogP contribution in [0.15, 0.2) is 24.3 Å². The maximum Gasteiger partial charge on any atom is 0.338 e. The van der Waals surface area contributed by atoms with Crippen LogP contribution in [0.4, 0.5) is 0 Å². The summed E-state index contributed by atoms with van der Waals surface area (Å²) < 4.78 is 5.84. The highest BCUT2D eigenvalue weighted by atomic mass is 16.6. The van der Waals surface area contributed by atoms with Gasteiger partial charge in [0.2, 0.25) is 0 Å². The third-order valence-electron chi connectivity index (χ3n) is 5.12. The first kappa shape index (κ1) is 21.7. The van der Waals surface area contributed by atoms with Crippen LogP contribution in [0.1, 0.15) is 102 Å². The molecule has 1 aliphatic rings. The fourth-order valence-corrected chi connectivity index (χ4v) is 3.52. The second-order valence-corrected chi connectivity index (χ2v) is 7.35. The SMILES string of the molecule is CC.CCCC(N)c1ccc(C(=O)OC(C)(C)C2CCCCC2)cc1. The molecule has 1 aromatic carbocycles. The molecule has 2 rings (SSSR count). The quantitative estimate of drug-likeness (QED) is 0.639. The van der Waals surface area contributed by atoms with E-state index in [1.165, 1.54) is 19.3 Å². The van der Waals surface area contributed by atoms with Crippen LogP contribution in [0, 0.1) is 5.92 Å². The Morgan fingerprint density at radius 3 is 2.24 bits per heavy atom. The Kier molecular flexibility index (Phi) is 9.20. The Morgan fingerprint density at radius 1 is 1.16 bits per heavy atom. The summed E-state index contributed by atoms with van der Waals surface area (Å²) in [6.07, 6.45) is 8.13. The summed E-state index contributed by atoms with van der Waals surface area (Å²) in [4.78, 5) is 12.5. The molecule has 2 N–H and O–H groups in total. The van der Waals surface area contributed by atoms with E-state index in [1.54, 1.807) is 0 Å². The molecular formula is C22H37NO2. The smallest absolute Gasteiger partial charge is 0.338 e. The van der Waals surface area contributed by atoms with Gasteiger partial charge in [0.1, 0.15) is 5.60 Å². The molecule has 3 heteroatoms. The molecule has 0 radical (unpaired) electrons. The predicted octanol–water partition coefficient (Wildman–Crippen LogP) is 6.03. The van der Waals surface area contributed by atoms with Crippen molar-refractivity contribution in [2.24, 2.45) is 11.7 Å². The van der Waals surface area contributed by atoms with E-state index in [0.29, 0.717) is 11.5 Å². The number of ether oxygens (including phenoxy) is 1. The second kappa shape index (κ2) is 10.6. The summed E-state index contributed by atoms with van der Waals surface area (Å²) in [6.45, 7) is 10.2. The van der Waals surface area contributed by atoms with Gasteiger partial charge in [-0.15, -0.1) is 0 Å². The van der Waals surface area contributed by atoms with Crippen molar-refractivity contribution in [3.05, 3.63) is 35.4 Å². The van der Waals surface area contributed by atoms with Crippen LogP contribution in [-0.4, -0.2) is 11.6 Å². The average Bonchev–Trinajstić information content (AvgIpc) is 2.64. The summed E-state index contributed by atoms with van der Waals surface area (Å²) in [6, 6.07) is 7.62. The fraction of sp³-hybridized carbons (Fsp3) is 0.682. The molecule has 0 amide bonds. The van der Waals surface area contributed by atoms with Crippen molar-refractivity contribution in [2.45, 2.75) is 91.2 Å². The first-order chi connectivity index (χ1) is 11.9. The van der Waals surface area contributed by atoms with Gasteiger partial charge in [-0.1, -0.05) is 58.6 Å². The topological polar surface area (TPSA) is 52.3 Å². The normalized spacial score (nSPS) is 16.6. The monoisotopic (exact) mass is 347 g/mol. The Balaban J connectivity index is 0.00000151. The number of rotatable bonds is 6. The number of hydrogen-bond acceptors (Lipinski definition) is 3. The van der Waals surface area contributed by atoms with Crippen molar-refractivity contribution in [3.63, 3.8) is 0 Å². The van der Waals surface area contributed by atoms with Gasteiger partial charge in [-0.3, -0.25) is 0 Å². The van der Waals surface area contributed by atoms with Crippen molar-refractivity contribution in [1.82, 2.24) is 0 Å². The molecule has 3 nitrogen and oxygen atoms in total. The highest BCUT2D eigenvalue weighted by molar-refractivity contribution is 5.89. The van der Waals surface area contributed by atoms with Crippen molar-refractivity contribution in [1.29, 1.82) is 0 Å². The standard InChI is InChI=1S/C20H31NO2.C2H6/c1-4-8-18(21)15-11-13-16(14-12-15)19(22)23-20(2,3)17-9-6-5-7-10-17;1-2/h11-14,17-18H,4-10,21H2,1-3H3;1-2H3. The lowest BCUT2D eigenvalue weighted by atomic mass is 9.79. The van der Waals surface area contributed by atoms with Gasteiger partial charge in [-0.25, -0.2) is 4.79 Å². The van der Waals surface area contributed by atoms with Crippen molar-refractivity contribution in [3.8, 4) is 0 Å². The lowest BCUT2D eigenvalue weighted by Crippen LogP contribution is -2.37. The molecule has 0 heterocycles. The van der Waals surface area contributed by atoms with Crippen LogP contribution in [0.2, 0.25) is 0 Å². The van der Waals surface area contributed by atoms with Crippen LogP contribution in [0.5, 0.6) is 0 Å². The van der Waals surface area contributed by atoms with E-state index in [1.807, 2.05) is 52.0 Å². The lowest BCUT2D eigenvalue weighted by molar-refractivity contribution is -0.0384. The van der Waals surface area contributed by atoms with Gasteiger partial charge in [-0.2, -0.15) is 0 Å². The van der Waals surface area contributed by atoms with Crippen molar-refractivity contribution < 1.29 is 9.53 Å². The zero-order valence-electron chi connectivity index (χ0n) is 16.8. The van der Waals surface area contributed by atoms with E-state index in [4.69, 9.17) is 10.5 Å². The number of carbonyl (C=O) groups excluding carboxylic acids is 1. The molecular weight excluding hydrogens is 310 g/mol. The molecule has 1 fully saturated rings. The van der Waals surface area contributed by atoms with E-state index in [2.05, 4.69) is 6.92 Å². The Hall–Kier alpha value is -1.35. The molecule has 25 heavy (non-hydrogen) atoms. The van der Waals surface area contributed by atoms with E-state index in [0.717, 1.165) is 31.2 Å². The molecule has 0 aliphatic heterocycles. The van der Waals surface area contributed by atoms with Gasteiger partial charge >= 0.3 is 5.97 Å².